The van der Waals surface area contributed by atoms with Crippen LogP contribution < -0.4 is 5.84 Å². The number of esters is 1. The molecule has 7 atom stereocenters. The Morgan fingerprint density at radius 3 is 2.70 bits per heavy atom. The highest BCUT2D eigenvalue weighted by Crippen LogP contribution is 2.82. The van der Waals surface area contributed by atoms with Gasteiger partial charge in [0.25, 0.3) is 0 Å². The monoisotopic (exact) mass is 370 g/mol. The van der Waals surface area contributed by atoms with Crippen LogP contribution in [0, 0.1) is 34.0 Å². The summed E-state index contributed by atoms with van der Waals surface area (Å²) in [5.74, 6) is 8.06. The molecule has 4 heteroatoms. The number of fused-ring (bicyclic) bond motifs is 4. The first kappa shape index (κ1) is 17.8. The van der Waals surface area contributed by atoms with Gasteiger partial charge in [-0.3, -0.25) is 4.79 Å². The number of rotatable bonds is 2. The second-order valence-electron chi connectivity index (χ2n) is 10.4. The number of carbonyl (C=O) groups excluding carboxylic acids is 1. The Morgan fingerprint density at radius 1 is 1.19 bits per heavy atom. The molecule has 2 N–H and O–H groups in total. The van der Waals surface area contributed by atoms with E-state index in [9.17, 15) is 4.79 Å². The van der Waals surface area contributed by atoms with Gasteiger partial charge in [0, 0.05) is 24.5 Å². The highest BCUT2D eigenvalue weighted by atomic mass is 16.5. The van der Waals surface area contributed by atoms with Crippen molar-refractivity contribution in [2.24, 2.45) is 44.9 Å². The normalized spacial score (nSPS) is 50.6. The van der Waals surface area contributed by atoms with E-state index in [2.05, 4.69) is 25.0 Å². The number of nitrogens with two attached hydrogens (primary N) is 1. The second kappa shape index (κ2) is 5.61. The molecule has 0 aromatic rings. The molecule has 0 saturated heterocycles. The van der Waals surface area contributed by atoms with Crippen LogP contribution in [0.15, 0.2) is 16.8 Å². The maximum absolute atomic E-state index is 11.4. The zero-order valence-electron chi connectivity index (χ0n) is 17.1. The van der Waals surface area contributed by atoms with Crippen molar-refractivity contribution >= 4 is 11.7 Å². The topological polar surface area (TPSA) is 64.7 Å². The lowest BCUT2D eigenvalue weighted by Crippen LogP contribution is -2.48. The number of ether oxygens (including phenoxy) is 1. The summed E-state index contributed by atoms with van der Waals surface area (Å²) < 4.78 is 5.56. The third-order valence-corrected chi connectivity index (χ3v) is 9.81. The number of nitrogens with zero attached hydrogens (tertiary/aromatic N) is 1. The quantitative estimate of drug-likeness (QED) is 0.254. The van der Waals surface area contributed by atoms with E-state index in [0.717, 1.165) is 30.6 Å². The molecule has 0 radical (unpaired) electrons. The summed E-state index contributed by atoms with van der Waals surface area (Å²) in [6, 6.07) is 0. The Bertz CT molecular complexity index is 743. The minimum Gasteiger partial charge on any atom is -0.462 e. The van der Waals surface area contributed by atoms with Crippen molar-refractivity contribution in [3.05, 3.63) is 11.6 Å². The minimum atomic E-state index is -0.134. The van der Waals surface area contributed by atoms with Gasteiger partial charge in [0.2, 0.25) is 0 Å². The van der Waals surface area contributed by atoms with Crippen LogP contribution in [0.2, 0.25) is 0 Å². The molecular formula is C23H34N2O2. The van der Waals surface area contributed by atoms with E-state index in [1.54, 1.807) is 5.57 Å². The van der Waals surface area contributed by atoms with E-state index in [-0.39, 0.29) is 12.1 Å². The summed E-state index contributed by atoms with van der Waals surface area (Å²) >= 11 is 0. The molecule has 0 unspecified atom stereocenters. The standard InChI is InChI=1S/C23H34N2O2/c1-14(25-24)22-10-8-20-18-5-4-16-12-17(27-15(2)26)6-9-21(16,3)19(18)7-11-23(20,22)13-22/h4,17-20H,5-13,24H2,1-3H3/b25-14+/t17-,18+,19-,20-,21-,22+,23+/m0/s1. The fraction of sp³-hybridized carbons (Fsp3) is 0.826. The number of hydrogen-bond acceptors (Lipinski definition) is 4. The molecule has 0 bridgehead atoms. The number of carbonyl (C=O) groups is 1. The van der Waals surface area contributed by atoms with E-state index in [1.807, 2.05) is 0 Å². The molecule has 4 saturated carbocycles. The third kappa shape index (κ3) is 2.16. The Morgan fingerprint density at radius 2 is 1.96 bits per heavy atom. The number of hydrogen-bond donors (Lipinski definition) is 1. The lowest BCUT2D eigenvalue weighted by atomic mass is 9.49. The smallest absolute Gasteiger partial charge is 0.302 e. The Hall–Kier alpha value is -1.32. The highest BCUT2D eigenvalue weighted by Gasteiger charge is 2.77. The van der Waals surface area contributed by atoms with Gasteiger partial charge in [-0.05, 0) is 86.9 Å². The third-order valence-electron chi connectivity index (χ3n) is 9.81. The van der Waals surface area contributed by atoms with Crippen molar-refractivity contribution in [3.63, 3.8) is 0 Å². The minimum absolute atomic E-state index is 0.0966. The van der Waals surface area contributed by atoms with Gasteiger partial charge < -0.3 is 10.6 Å². The zero-order chi connectivity index (χ0) is 19.0. The molecule has 27 heavy (non-hydrogen) atoms. The lowest BCUT2D eigenvalue weighted by molar-refractivity contribution is -0.148. The van der Waals surface area contributed by atoms with Crippen LogP contribution in [0.5, 0.6) is 0 Å². The molecule has 4 nitrogen and oxygen atoms in total. The average Bonchev–Trinajstić information content (AvgIpc) is 3.17. The maximum atomic E-state index is 11.4. The summed E-state index contributed by atoms with van der Waals surface area (Å²) in [7, 11) is 0. The first-order valence-corrected chi connectivity index (χ1v) is 11.0. The zero-order valence-corrected chi connectivity index (χ0v) is 17.1. The SMILES string of the molecule is CC(=O)O[C@H]1CC[C@@]2(C)C(=CC[C@H]3[C@@H]4CC[C@]5(/C(C)=N/N)C[C@]45CC[C@@H]32)C1. The number of hydrazone groups is 1. The number of allylic oxidation sites excluding steroid dienone is 1. The van der Waals surface area contributed by atoms with Crippen molar-refractivity contribution < 1.29 is 9.53 Å². The lowest BCUT2D eigenvalue weighted by Gasteiger charge is -2.56. The summed E-state index contributed by atoms with van der Waals surface area (Å²) in [6.45, 7) is 6.22. The molecule has 148 valence electrons. The molecule has 0 heterocycles. The van der Waals surface area contributed by atoms with Crippen LogP contribution >= 0.6 is 0 Å². The molecule has 0 amide bonds. The van der Waals surface area contributed by atoms with Gasteiger partial charge in [-0.15, -0.1) is 0 Å². The summed E-state index contributed by atoms with van der Waals surface area (Å²) in [5.41, 5.74) is 3.96. The summed E-state index contributed by atoms with van der Waals surface area (Å²) in [5, 5.41) is 4.15. The summed E-state index contributed by atoms with van der Waals surface area (Å²) in [4.78, 5) is 11.4. The van der Waals surface area contributed by atoms with Crippen LogP contribution in [0.1, 0.15) is 78.6 Å². The van der Waals surface area contributed by atoms with Gasteiger partial charge in [-0.25, -0.2) is 0 Å². The predicted octanol–water partition coefficient (Wildman–Crippen LogP) is 4.59. The molecule has 1 spiro atoms. The molecule has 0 aliphatic heterocycles. The van der Waals surface area contributed by atoms with Gasteiger partial charge in [0.15, 0.2) is 0 Å². The van der Waals surface area contributed by atoms with Crippen molar-refractivity contribution in [1.29, 1.82) is 0 Å². The van der Waals surface area contributed by atoms with Crippen molar-refractivity contribution in [1.82, 2.24) is 0 Å². The Labute approximate surface area is 163 Å². The van der Waals surface area contributed by atoms with E-state index >= 15 is 0 Å². The largest absolute Gasteiger partial charge is 0.462 e. The average molecular weight is 371 g/mol. The van der Waals surface area contributed by atoms with E-state index in [0.29, 0.717) is 16.2 Å². The van der Waals surface area contributed by atoms with E-state index < -0.39 is 0 Å². The van der Waals surface area contributed by atoms with Gasteiger partial charge in [0.05, 0.1) is 0 Å². The van der Waals surface area contributed by atoms with Crippen molar-refractivity contribution in [2.75, 3.05) is 0 Å². The first-order chi connectivity index (χ1) is 12.9. The maximum Gasteiger partial charge on any atom is 0.302 e. The molecule has 5 rings (SSSR count). The molecule has 5 aliphatic carbocycles. The molecule has 5 aliphatic rings. The Kier molecular flexibility index (Phi) is 3.69. The molecule has 0 aromatic carbocycles. The predicted molar refractivity (Wildman–Crippen MR) is 106 cm³/mol. The molecular weight excluding hydrogens is 336 g/mol. The first-order valence-electron chi connectivity index (χ1n) is 11.0. The fourth-order valence-electron chi connectivity index (χ4n) is 8.51. The van der Waals surface area contributed by atoms with Gasteiger partial charge in [0.1, 0.15) is 6.10 Å². The van der Waals surface area contributed by atoms with Crippen molar-refractivity contribution in [3.8, 4) is 0 Å². The van der Waals surface area contributed by atoms with Crippen LogP contribution in [0.4, 0.5) is 0 Å². The van der Waals surface area contributed by atoms with Crippen LogP contribution in [0.25, 0.3) is 0 Å². The molecule has 0 aromatic heterocycles. The highest BCUT2D eigenvalue weighted by molar-refractivity contribution is 5.92. The van der Waals surface area contributed by atoms with Crippen LogP contribution in [-0.2, 0) is 9.53 Å². The van der Waals surface area contributed by atoms with Gasteiger partial charge >= 0.3 is 5.97 Å². The van der Waals surface area contributed by atoms with Crippen LogP contribution in [0.3, 0.4) is 0 Å². The summed E-state index contributed by atoms with van der Waals surface area (Å²) in [6.07, 6.45) is 13.7. The van der Waals surface area contributed by atoms with Gasteiger partial charge in [-0.2, -0.15) is 5.10 Å². The van der Waals surface area contributed by atoms with E-state index in [1.165, 1.54) is 57.6 Å². The molecule has 4 fully saturated rings. The second-order valence-corrected chi connectivity index (χ2v) is 10.4. The van der Waals surface area contributed by atoms with Crippen LogP contribution in [-0.4, -0.2) is 17.8 Å². The van der Waals surface area contributed by atoms with Crippen molar-refractivity contribution in [2.45, 2.75) is 84.7 Å². The van der Waals surface area contributed by atoms with Gasteiger partial charge in [-0.1, -0.05) is 18.6 Å². The van der Waals surface area contributed by atoms with E-state index in [4.69, 9.17) is 10.6 Å². The fourth-order valence-corrected chi connectivity index (χ4v) is 8.51. The Balaban J connectivity index is 1.41.